The maximum atomic E-state index is 15.2. The molecule has 1 saturated carbocycles. The highest BCUT2D eigenvalue weighted by Gasteiger charge is 2.34. The van der Waals surface area contributed by atoms with Gasteiger partial charge in [0, 0.05) is 17.6 Å². The number of aromatic nitrogens is 2. The van der Waals surface area contributed by atoms with Gasteiger partial charge in [0.15, 0.2) is 0 Å². The highest BCUT2D eigenvalue weighted by Crippen LogP contribution is 2.40. The summed E-state index contributed by atoms with van der Waals surface area (Å²) in [6.07, 6.45) is -0.0952. The molecule has 0 saturated heterocycles. The van der Waals surface area contributed by atoms with Crippen LogP contribution < -0.4 is 5.32 Å². The SMILES string of the molecule is Cc1cc(-c2nc(-c3ccc4c(c3)CCC4N[C@H]3C[C@H](C)C3)no2)c(F)cc1-c1ccccc1C(F)(F)F. The Hall–Kier alpha value is -3.52. The smallest absolute Gasteiger partial charge is 0.334 e. The van der Waals surface area contributed by atoms with Crippen molar-refractivity contribution in [2.75, 3.05) is 0 Å². The van der Waals surface area contributed by atoms with Crippen LogP contribution in [0.5, 0.6) is 0 Å². The lowest BCUT2D eigenvalue weighted by Gasteiger charge is -2.36. The Kier molecular flexibility index (Phi) is 6.10. The van der Waals surface area contributed by atoms with Crippen LogP contribution in [0.2, 0.25) is 0 Å². The zero-order valence-corrected chi connectivity index (χ0v) is 21.1. The maximum Gasteiger partial charge on any atom is 0.417 e. The second kappa shape index (κ2) is 9.34. The lowest BCUT2D eigenvalue weighted by molar-refractivity contribution is -0.137. The second-order valence-corrected chi connectivity index (χ2v) is 10.6. The molecule has 0 bridgehead atoms. The standard InChI is InChI=1S/C30H27F4N3O/c1-16-11-20(12-16)35-27-10-8-18-14-19(7-9-21(18)27)28-36-29(38-37-28)24-13-17(2)23(15-26(24)31)22-5-3-4-6-25(22)30(32,33)34/h3-7,9,13-16,20,27,35H,8,10-12H2,1-2H3/t16-,20-,27?. The van der Waals surface area contributed by atoms with E-state index in [1.54, 1.807) is 6.92 Å². The van der Waals surface area contributed by atoms with Gasteiger partial charge >= 0.3 is 6.18 Å². The Labute approximate surface area is 218 Å². The summed E-state index contributed by atoms with van der Waals surface area (Å²) in [5, 5.41) is 7.84. The molecule has 2 aliphatic carbocycles. The van der Waals surface area contributed by atoms with Crippen molar-refractivity contribution in [3.63, 3.8) is 0 Å². The van der Waals surface area contributed by atoms with Gasteiger partial charge in [-0.2, -0.15) is 18.2 Å². The van der Waals surface area contributed by atoms with Crippen molar-refractivity contribution < 1.29 is 22.1 Å². The molecule has 2 aliphatic rings. The number of nitrogens with zero attached hydrogens (tertiary/aromatic N) is 2. The van der Waals surface area contributed by atoms with E-state index in [2.05, 4.69) is 34.5 Å². The van der Waals surface area contributed by atoms with Gasteiger partial charge in [-0.15, -0.1) is 0 Å². The molecule has 196 valence electrons. The molecule has 4 aromatic rings. The monoisotopic (exact) mass is 521 g/mol. The van der Waals surface area contributed by atoms with Crippen molar-refractivity contribution in [1.82, 2.24) is 15.5 Å². The molecule has 38 heavy (non-hydrogen) atoms. The minimum atomic E-state index is -4.55. The third-order valence-corrected chi connectivity index (χ3v) is 7.78. The van der Waals surface area contributed by atoms with Crippen molar-refractivity contribution in [3.05, 3.63) is 82.7 Å². The van der Waals surface area contributed by atoms with E-state index in [-0.39, 0.29) is 22.6 Å². The van der Waals surface area contributed by atoms with Crippen LogP contribution in [0.15, 0.2) is 59.1 Å². The molecule has 1 aromatic heterocycles. The lowest BCUT2D eigenvalue weighted by atomic mass is 9.81. The molecule has 0 aliphatic heterocycles. The van der Waals surface area contributed by atoms with Gasteiger partial charge in [0.1, 0.15) is 5.82 Å². The molecule has 1 atom stereocenters. The van der Waals surface area contributed by atoms with E-state index in [9.17, 15) is 13.2 Å². The van der Waals surface area contributed by atoms with Crippen LogP contribution in [0.4, 0.5) is 17.6 Å². The van der Waals surface area contributed by atoms with Gasteiger partial charge in [-0.3, -0.25) is 0 Å². The summed E-state index contributed by atoms with van der Waals surface area (Å²) in [5.41, 5.74) is 3.12. The first-order valence-electron chi connectivity index (χ1n) is 12.9. The number of fused-ring (bicyclic) bond motifs is 1. The Morgan fingerprint density at radius 3 is 2.53 bits per heavy atom. The van der Waals surface area contributed by atoms with Gasteiger partial charge in [0.25, 0.3) is 5.89 Å². The van der Waals surface area contributed by atoms with E-state index in [0.717, 1.165) is 36.5 Å². The highest BCUT2D eigenvalue weighted by atomic mass is 19.4. The fraction of sp³-hybridized carbons (Fsp3) is 0.333. The molecule has 1 unspecified atom stereocenters. The van der Waals surface area contributed by atoms with Gasteiger partial charge < -0.3 is 9.84 Å². The molecule has 1 heterocycles. The number of aryl methyl sites for hydroxylation is 2. The van der Waals surface area contributed by atoms with Crippen LogP contribution in [0.3, 0.4) is 0 Å². The molecular formula is C30H27F4N3O. The summed E-state index contributed by atoms with van der Waals surface area (Å²) >= 11 is 0. The average molecular weight is 522 g/mol. The number of rotatable bonds is 5. The lowest BCUT2D eigenvalue weighted by Crippen LogP contribution is -2.41. The molecule has 0 spiro atoms. The van der Waals surface area contributed by atoms with Crippen LogP contribution in [0, 0.1) is 18.7 Å². The summed E-state index contributed by atoms with van der Waals surface area (Å²) in [5.74, 6) is 0.389. The number of halogens is 4. The summed E-state index contributed by atoms with van der Waals surface area (Å²) in [6, 6.07) is 14.8. The fourth-order valence-electron chi connectivity index (χ4n) is 5.80. The van der Waals surface area contributed by atoms with Gasteiger partial charge in [-0.1, -0.05) is 42.4 Å². The number of hydrogen-bond acceptors (Lipinski definition) is 4. The Morgan fingerprint density at radius 2 is 1.76 bits per heavy atom. The first-order chi connectivity index (χ1) is 18.2. The number of alkyl halides is 3. The first-order valence-corrected chi connectivity index (χ1v) is 12.9. The van der Waals surface area contributed by atoms with Gasteiger partial charge in [0.2, 0.25) is 5.82 Å². The minimum absolute atomic E-state index is 0.0181. The van der Waals surface area contributed by atoms with Crippen molar-refractivity contribution in [2.24, 2.45) is 5.92 Å². The molecule has 0 radical (unpaired) electrons. The molecule has 6 rings (SSSR count). The van der Waals surface area contributed by atoms with Crippen molar-refractivity contribution in [1.29, 1.82) is 0 Å². The van der Waals surface area contributed by atoms with E-state index in [0.29, 0.717) is 23.5 Å². The summed E-state index contributed by atoms with van der Waals surface area (Å²) in [6.45, 7) is 3.92. The topological polar surface area (TPSA) is 51.0 Å². The number of hydrogen-bond donors (Lipinski definition) is 1. The maximum absolute atomic E-state index is 15.2. The first kappa shape index (κ1) is 24.8. The largest absolute Gasteiger partial charge is 0.417 e. The number of nitrogens with one attached hydrogen (secondary N) is 1. The average Bonchev–Trinajstić information content (AvgIpc) is 3.51. The van der Waals surface area contributed by atoms with Crippen LogP contribution in [0.25, 0.3) is 34.0 Å². The van der Waals surface area contributed by atoms with Crippen molar-refractivity contribution in [3.8, 4) is 34.0 Å². The summed E-state index contributed by atoms with van der Waals surface area (Å²) in [4.78, 5) is 4.42. The molecule has 1 fully saturated rings. The minimum Gasteiger partial charge on any atom is -0.334 e. The summed E-state index contributed by atoms with van der Waals surface area (Å²) < 4.78 is 61.2. The quantitative estimate of drug-likeness (QED) is 0.271. The van der Waals surface area contributed by atoms with E-state index in [1.165, 1.54) is 48.2 Å². The third kappa shape index (κ3) is 4.51. The molecule has 3 aromatic carbocycles. The zero-order chi connectivity index (χ0) is 26.6. The van der Waals surface area contributed by atoms with Gasteiger partial charge in [-0.25, -0.2) is 4.39 Å². The Bertz CT molecular complexity index is 1500. The Balaban J connectivity index is 1.26. The molecular weight excluding hydrogens is 494 g/mol. The highest BCUT2D eigenvalue weighted by molar-refractivity contribution is 5.75. The molecule has 8 heteroatoms. The van der Waals surface area contributed by atoms with Crippen LogP contribution in [0.1, 0.15) is 54.5 Å². The predicted octanol–water partition coefficient (Wildman–Crippen LogP) is 7.91. The van der Waals surface area contributed by atoms with Crippen molar-refractivity contribution >= 4 is 0 Å². The fourth-order valence-corrected chi connectivity index (χ4v) is 5.80. The predicted molar refractivity (Wildman–Crippen MR) is 137 cm³/mol. The van der Waals surface area contributed by atoms with E-state index in [1.807, 2.05) is 6.07 Å². The Morgan fingerprint density at radius 1 is 0.974 bits per heavy atom. The number of benzene rings is 3. The molecule has 0 amide bonds. The molecule has 1 N–H and O–H groups in total. The van der Waals surface area contributed by atoms with E-state index in [4.69, 9.17) is 4.52 Å². The van der Waals surface area contributed by atoms with E-state index < -0.39 is 17.6 Å². The van der Waals surface area contributed by atoms with Crippen LogP contribution in [-0.4, -0.2) is 16.2 Å². The second-order valence-electron chi connectivity index (χ2n) is 10.6. The normalized spacial score (nSPS) is 20.8. The summed E-state index contributed by atoms with van der Waals surface area (Å²) in [7, 11) is 0. The van der Waals surface area contributed by atoms with Crippen molar-refractivity contribution in [2.45, 2.75) is 57.8 Å². The van der Waals surface area contributed by atoms with Crippen LogP contribution >= 0.6 is 0 Å². The third-order valence-electron chi connectivity index (χ3n) is 7.78. The van der Waals surface area contributed by atoms with E-state index >= 15 is 4.39 Å². The van der Waals surface area contributed by atoms with Crippen LogP contribution in [-0.2, 0) is 12.6 Å². The van der Waals surface area contributed by atoms with Gasteiger partial charge in [-0.05, 0) is 90.6 Å². The zero-order valence-electron chi connectivity index (χ0n) is 21.1. The molecule has 4 nitrogen and oxygen atoms in total. The van der Waals surface area contributed by atoms with Gasteiger partial charge in [0.05, 0.1) is 11.1 Å².